The number of rotatable bonds is 4. The van der Waals surface area contributed by atoms with Crippen molar-refractivity contribution < 1.29 is 9.90 Å². The highest BCUT2D eigenvalue weighted by atomic mass is 16.3. The van der Waals surface area contributed by atoms with Crippen molar-refractivity contribution in [3.8, 4) is 0 Å². The van der Waals surface area contributed by atoms with Gasteiger partial charge in [0.1, 0.15) is 0 Å². The van der Waals surface area contributed by atoms with Crippen LogP contribution in [0.25, 0.3) is 0 Å². The monoisotopic (exact) mass is 233 g/mol. The summed E-state index contributed by atoms with van der Waals surface area (Å²) in [7, 11) is 0. The maximum Gasteiger partial charge on any atom is 0.159 e. The average Bonchev–Trinajstić information content (AvgIpc) is 2.77. The summed E-state index contributed by atoms with van der Waals surface area (Å²) >= 11 is 0. The smallest absolute Gasteiger partial charge is 0.159 e. The van der Waals surface area contributed by atoms with Gasteiger partial charge in [-0.05, 0) is 44.0 Å². The molecule has 92 valence electrons. The topological polar surface area (TPSA) is 49.3 Å². The predicted octanol–water partition coefficient (Wildman–Crippen LogP) is 2.46. The first-order valence-electron chi connectivity index (χ1n) is 6.19. The average molecular weight is 233 g/mol. The summed E-state index contributed by atoms with van der Waals surface area (Å²) in [5.41, 5.74) is 1.76. The Kier molecular flexibility index (Phi) is 3.79. The molecular formula is C14H19NO2. The van der Waals surface area contributed by atoms with Gasteiger partial charge in [-0.25, -0.2) is 0 Å². The Hall–Kier alpha value is -1.35. The van der Waals surface area contributed by atoms with Crippen molar-refractivity contribution in [2.24, 2.45) is 5.92 Å². The van der Waals surface area contributed by atoms with E-state index in [1.807, 2.05) is 24.3 Å². The van der Waals surface area contributed by atoms with Crippen LogP contribution in [0.4, 0.5) is 5.69 Å². The number of Topliss-reactive ketones (excluding diaryl/α,β-unsaturated/α-hetero) is 1. The molecule has 0 amide bonds. The Morgan fingerprint density at radius 1 is 1.35 bits per heavy atom. The summed E-state index contributed by atoms with van der Waals surface area (Å²) in [6.45, 7) is 1.82. The van der Waals surface area contributed by atoms with E-state index >= 15 is 0 Å². The molecule has 0 aliphatic heterocycles. The fraction of sp³-hybridized carbons (Fsp3) is 0.500. The van der Waals surface area contributed by atoms with Crippen LogP contribution in [0.15, 0.2) is 24.3 Å². The summed E-state index contributed by atoms with van der Waals surface area (Å²) in [5, 5.41) is 12.7. The molecule has 1 aromatic rings. The molecule has 0 saturated heterocycles. The quantitative estimate of drug-likeness (QED) is 0.785. The van der Waals surface area contributed by atoms with Crippen LogP contribution in [0.3, 0.4) is 0 Å². The Morgan fingerprint density at radius 3 is 2.65 bits per heavy atom. The molecule has 2 unspecified atom stereocenters. The Bertz CT molecular complexity index is 386. The number of anilines is 1. The highest BCUT2D eigenvalue weighted by Gasteiger charge is 2.26. The van der Waals surface area contributed by atoms with E-state index < -0.39 is 0 Å². The number of aliphatic hydroxyl groups is 1. The fourth-order valence-electron chi connectivity index (χ4n) is 2.46. The number of carbonyl (C=O) groups excluding carboxylic acids is 1. The fourth-order valence-corrected chi connectivity index (χ4v) is 2.46. The highest BCUT2D eigenvalue weighted by molar-refractivity contribution is 5.94. The molecule has 17 heavy (non-hydrogen) atoms. The second kappa shape index (κ2) is 5.32. The second-order valence-electron chi connectivity index (χ2n) is 4.76. The Morgan fingerprint density at radius 2 is 2.06 bits per heavy atom. The molecule has 1 aliphatic rings. The molecule has 1 fully saturated rings. The first kappa shape index (κ1) is 12.1. The van der Waals surface area contributed by atoms with E-state index in [-0.39, 0.29) is 12.4 Å². The van der Waals surface area contributed by atoms with Crippen LogP contribution in [0.1, 0.15) is 36.5 Å². The van der Waals surface area contributed by atoms with Crippen molar-refractivity contribution in [1.29, 1.82) is 0 Å². The van der Waals surface area contributed by atoms with Crippen LogP contribution in [0.5, 0.6) is 0 Å². The van der Waals surface area contributed by atoms with Crippen molar-refractivity contribution in [3.63, 3.8) is 0 Å². The van der Waals surface area contributed by atoms with Gasteiger partial charge in [-0.15, -0.1) is 0 Å². The van der Waals surface area contributed by atoms with Crippen LogP contribution in [0, 0.1) is 5.92 Å². The number of carbonyl (C=O) groups is 1. The number of benzene rings is 1. The maximum atomic E-state index is 11.1. The molecule has 0 aromatic heterocycles. The van der Waals surface area contributed by atoms with Crippen LogP contribution in [-0.2, 0) is 0 Å². The van der Waals surface area contributed by atoms with Gasteiger partial charge >= 0.3 is 0 Å². The summed E-state index contributed by atoms with van der Waals surface area (Å²) < 4.78 is 0. The van der Waals surface area contributed by atoms with Gasteiger partial charge in [0.25, 0.3) is 0 Å². The molecule has 0 radical (unpaired) electrons. The van der Waals surface area contributed by atoms with Crippen LogP contribution in [-0.4, -0.2) is 23.5 Å². The second-order valence-corrected chi connectivity index (χ2v) is 4.76. The highest BCUT2D eigenvalue weighted by Crippen LogP contribution is 2.28. The molecule has 0 heterocycles. The van der Waals surface area contributed by atoms with Crippen molar-refractivity contribution in [2.75, 3.05) is 11.9 Å². The van der Waals surface area contributed by atoms with Crippen molar-refractivity contribution in [3.05, 3.63) is 29.8 Å². The maximum absolute atomic E-state index is 11.1. The lowest BCUT2D eigenvalue weighted by molar-refractivity contribution is 0.101. The van der Waals surface area contributed by atoms with Crippen LogP contribution < -0.4 is 5.32 Å². The minimum atomic E-state index is 0.0886. The van der Waals surface area contributed by atoms with Gasteiger partial charge in [-0.2, -0.15) is 0 Å². The van der Waals surface area contributed by atoms with Crippen LogP contribution >= 0.6 is 0 Å². The molecule has 3 heteroatoms. The molecule has 3 nitrogen and oxygen atoms in total. The van der Waals surface area contributed by atoms with Gasteiger partial charge in [0, 0.05) is 29.8 Å². The number of aliphatic hydroxyl groups excluding tert-OH is 1. The van der Waals surface area contributed by atoms with Crippen molar-refractivity contribution >= 4 is 11.5 Å². The van der Waals surface area contributed by atoms with Gasteiger partial charge in [0.15, 0.2) is 5.78 Å². The molecule has 2 rings (SSSR count). The van der Waals surface area contributed by atoms with Crippen LogP contribution in [0.2, 0.25) is 0 Å². The molecule has 1 aromatic carbocycles. The summed E-state index contributed by atoms with van der Waals surface area (Å²) in [4.78, 5) is 11.1. The zero-order valence-corrected chi connectivity index (χ0v) is 10.1. The van der Waals surface area contributed by atoms with E-state index in [0.717, 1.165) is 24.1 Å². The predicted molar refractivity (Wildman–Crippen MR) is 68.3 cm³/mol. The number of ketones is 1. The van der Waals surface area contributed by atoms with E-state index in [1.54, 1.807) is 6.92 Å². The summed E-state index contributed by atoms with van der Waals surface area (Å²) in [6.07, 6.45) is 3.38. The van der Waals surface area contributed by atoms with Crippen molar-refractivity contribution in [1.82, 2.24) is 0 Å². The normalized spacial score (nSPS) is 23.6. The molecule has 2 N–H and O–H groups in total. The van der Waals surface area contributed by atoms with Gasteiger partial charge in [0.05, 0.1) is 0 Å². The standard InChI is InChI=1S/C14H19NO2/c1-10(17)11-5-7-13(8-6-11)15-14-4-2-3-12(14)9-16/h5-8,12,14-16H,2-4,9H2,1H3. The lowest BCUT2D eigenvalue weighted by Crippen LogP contribution is -2.26. The Balaban J connectivity index is 2.01. The number of hydrogen-bond donors (Lipinski definition) is 2. The molecular weight excluding hydrogens is 214 g/mol. The van der Waals surface area contributed by atoms with E-state index in [4.69, 9.17) is 0 Å². The third-order valence-electron chi connectivity index (χ3n) is 3.54. The zero-order valence-electron chi connectivity index (χ0n) is 10.1. The zero-order chi connectivity index (χ0) is 12.3. The minimum Gasteiger partial charge on any atom is -0.396 e. The molecule has 1 saturated carbocycles. The minimum absolute atomic E-state index is 0.0886. The first-order chi connectivity index (χ1) is 8.20. The molecule has 2 atom stereocenters. The van der Waals surface area contributed by atoms with Gasteiger partial charge in [0.2, 0.25) is 0 Å². The van der Waals surface area contributed by atoms with Gasteiger partial charge in [-0.3, -0.25) is 4.79 Å². The SMILES string of the molecule is CC(=O)c1ccc(NC2CCCC2CO)cc1. The molecule has 0 spiro atoms. The molecule has 0 bridgehead atoms. The van der Waals surface area contributed by atoms with Gasteiger partial charge in [-0.1, -0.05) is 6.42 Å². The molecule has 1 aliphatic carbocycles. The summed E-state index contributed by atoms with van der Waals surface area (Å²) in [5.74, 6) is 0.452. The first-order valence-corrected chi connectivity index (χ1v) is 6.19. The largest absolute Gasteiger partial charge is 0.396 e. The van der Waals surface area contributed by atoms with E-state index in [9.17, 15) is 9.90 Å². The lowest BCUT2D eigenvalue weighted by Gasteiger charge is -2.20. The lowest BCUT2D eigenvalue weighted by atomic mass is 10.0. The van der Waals surface area contributed by atoms with Crippen molar-refractivity contribution in [2.45, 2.75) is 32.2 Å². The number of hydrogen-bond acceptors (Lipinski definition) is 3. The van der Waals surface area contributed by atoms with E-state index in [0.29, 0.717) is 12.0 Å². The third kappa shape index (κ3) is 2.86. The Labute approximate surface area is 102 Å². The third-order valence-corrected chi connectivity index (χ3v) is 3.54. The van der Waals surface area contributed by atoms with Gasteiger partial charge < -0.3 is 10.4 Å². The van der Waals surface area contributed by atoms with E-state index in [1.165, 1.54) is 6.42 Å². The summed E-state index contributed by atoms with van der Waals surface area (Å²) in [6, 6.07) is 7.91. The van der Waals surface area contributed by atoms with E-state index in [2.05, 4.69) is 5.32 Å². The number of nitrogens with one attached hydrogen (secondary N) is 1.